The molecule has 0 unspecified atom stereocenters. The Morgan fingerprint density at radius 3 is 1.88 bits per heavy atom. The Bertz CT molecular complexity index is 1760. The average molecular weight is 561 g/mol. The van der Waals surface area contributed by atoms with Crippen molar-refractivity contribution in [2.75, 3.05) is 0 Å². The molecule has 0 aromatic heterocycles. The molecule has 5 rings (SSSR count). The molecular formula is C28H20N10O2S. The summed E-state index contributed by atoms with van der Waals surface area (Å²) in [7, 11) is 0. The molecule has 5 aromatic rings. The number of nitro groups is 1. The van der Waals surface area contributed by atoms with Crippen molar-refractivity contribution in [3.8, 4) is 0 Å². The topological polar surface area (TPSA) is 189 Å². The van der Waals surface area contributed by atoms with E-state index in [9.17, 15) is 10.1 Å². The van der Waals surface area contributed by atoms with Gasteiger partial charge in [-0.1, -0.05) is 124 Å². The Morgan fingerprint density at radius 1 is 0.634 bits per heavy atom. The summed E-state index contributed by atoms with van der Waals surface area (Å²) in [6, 6.07) is 36.3. The zero-order chi connectivity index (χ0) is 29.3. The van der Waals surface area contributed by atoms with Crippen molar-refractivity contribution in [1.82, 2.24) is 0 Å². The monoisotopic (exact) mass is 560 g/mol. The fourth-order valence-electron chi connectivity index (χ4n) is 3.35. The van der Waals surface area contributed by atoms with Gasteiger partial charge in [-0.25, -0.2) is 0 Å². The smallest absolute Gasteiger partial charge is 0.258 e. The van der Waals surface area contributed by atoms with Crippen LogP contribution in [0.1, 0.15) is 0 Å². The van der Waals surface area contributed by atoms with Crippen molar-refractivity contribution in [3.63, 3.8) is 0 Å². The summed E-state index contributed by atoms with van der Waals surface area (Å²) in [6.45, 7) is 0. The van der Waals surface area contributed by atoms with Crippen molar-refractivity contribution in [2.45, 2.75) is 9.79 Å². The van der Waals surface area contributed by atoms with Gasteiger partial charge in [0.05, 0.1) is 9.82 Å². The van der Waals surface area contributed by atoms with Crippen LogP contribution in [0.3, 0.4) is 0 Å². The maximum atomic E-state index is 11.0. The third-order valence-corrected chi connectivity index (χ3v) is 6.18. The van der Waals surface area contributed by atoms with Crippen LogP contribution >= 0.6 is 11.8 Å². The van der Waals surface area contributed by atoms with Crippen LogP contribution in [0.25, 0.3) is 42.1 Å². The molecule has 0 saturated heterocycles. The predicted molar refractivity (Wildman–Crippen MR) is 160 cm³/mol. The molecule has 0 spiro atoms. The van der Waals surface area contributed by atoms with Crippen molar-refractivity contribution in [1.29, 1.82) is 0 Å². The largest absolute Gasteiger partial charge is 0.283 e. The van der Waals surface area contributed by atoms with Crippen LogP contribution in [0.4, 0.5) is 22.7 Å². The molecule has 0 fully saturated rings. The maximum absolute atomic E-state index is 11.0. The molecule has 0 aliphatic heterocycles. The fraction of sp³-hybridized carbons (Fsp3) is 0. The van der Waals surface area contributed by atoms with E-state index >= 15 is 0 Å². The number of hydrogen-bond acceptors (Lipinski definition) is 6. The molecule has 0 heterocycles. The van der Waals surface area contributed by atoms with E-state index in [1.165, 1.54) is 17.8 Å². The molecule has 200 valence electrons. The molecule has 0 radical (unpaired) electrons. The summed E-state index contributed by atoms with van der Waals surface area (Å²) in [6.07, 6.45) is 0. The van der Waals surface area contributed by atoms with Gasteiger partial charge in [0, 0.05) is 42.8 Å². The van der Waals surface area contributed by atoms with Crippen LogP contribution in [0.2, 0.25) is 0 Å². The lowest BCUT2D eigenvalue weighted by Gasteiger charge is -2.03. The molecule has 41 heavy (non-hydrogen) atoms. The Morgan fingerprint density at radius 2 is 1.22 bits per heavy atom. The molecule has 0 aliphatic rings. The highest BCUT2D eigenvalue weighted by atomic mass is 32.2. The summed E-state index contributed by atoms with van der Waals surface area (Å²) in [5, 5.41) is 23.5. The molecule has 0 saturated carbocycles. The Balaban J connectivity index is 0.000000182. The van der Waals surface area contributed by atoms with Crippen molar-refractivity contribution >= 4 is 45.3 Å². The van der Waals surface area contributed by atoms with Gasteiger partial charge in [-0.05, 0) is 45.6 Å². The van der Waals surface area contributed by atoms with Gasteiger partial charge in [0.25, 0.3) is 5.69 Å². The number of nitrogens with zero attached hydrogens (tertiary/aromatic N) is 10. The highest BCUT2D eigenvalue weighted by Crippen LogP contribution is 2.36. The van der Waals surface area contributed by atoms with E-state index in [0.29, 0.717) is 16.3 Å². The van der Waals surface area contributed by atoms with Gasteiger partial charge < -0.3 is 0 Å². The lowest BCUT2D eigenvalue weighted by molar-refractivity contribution is -0.387. The van der Waals surface area contributed by atoms with Gasteiger partial charge in [-0.2, -0.15) is 0 Å². The van der Waals surface area contributed by atoms with E-state index in [0.717, 1.165) is 15.7 Å². The first-order chi connectivity index (χ1) is 20.0. The maximum Gasteiger partial charge on any atom is 0.283 e. The number of rotatable bonds is 6. The minimum Gasteiger partial charge on any atom is -0.258 e. The number of hydrogen-bond donors (Lipinski definition) is 0. The van der Waals surface area contributed by atoms with Crippen LogP contribution in [0, 0.1) is 10.1 Å². The van der Waals surface area contributed by atoms with E-state index in [4.69, 9.17) is 16.6 Å². The van der Waals surface area contributed by atoms with E-state index < -0.39 is 4.92 Å². The Kier molecular flexibility index (Phi) is 11.6. The van der Waals surface area contributed by atoms with Gasteiger partial charge in [-0.3, -0.25) is 10.1 Å². The van der Waals surface area contributed by atoms with Gasteiger partial charge in [0.1, 0.15) is 0 Å². The second-order valence-electron chi connectivity index (χ2n) is 7.73. The van der Waals surface area contributed by atoms with E-state index in [1.54, 1.807) is 24.3 Å². The number of fused-ring (bicyclic) bond motifs is 1. The molecular weight excluding hydrogens is 540 g/mol. The minimum absolute atomic E-state index is 0.0706. The van der Waals surface area contributed by atoms with Crippen LogP contribution in [0.5, 0.6) is 0 Å². The normalized spacial score (nSPS) is 9.27. The van der Waals surface area contributed by atoms with Gasteiger partial charge >= 0.3 is 0 Å². The summed E-state index contributed by atoms with van der Waals surface area (Å²) in [4.78, 5) is 20.0. The molecule has 13 heteroatoms. The molecule has 0 aliphatic carbocycles. The quantitative estimate of drug-likeness (QED) is 0.0656. The van der Waals surface area contributed by atoms with E-state index in [2.05, 4.69) is 30.1 Å². The third-order valence-electron chi connectivity index (χ3n) is 5.11. The summed E-state index contributed by atoms with van der Waals surface area (Å²) >= 11 is 1.29. The highest BCUT2D eigenvalue weighted by molar-refractivity contribution is 7.99. The summed E-state index contributed by atoms with van der Waals surface area (Å²) in [5.41, 5.74) is 26.1. The second-order valence-corrected chi connectivity index (χ2v) is 8.84. The van der Waals surface area contributed by atoms with Crippen molar-refractivity contribution in [3.05, 3.63) is 163 Å². The summed E-state index contributed by atoms with van der Waals surface area (Å²) < 4.78 is 0. The zero-order valence-corrected chi connectivity index (χ0v) is 22.1. The third kappa shape index (κ3) is 9.38. The lowest BCUT2D eigenvalue weighted by Crippen LogP contribution is -1.90. The molecule has 12 nitrogen and oxygen atoms in total. The molecule has 0 bridgehead atoms. The van der Waals surface area contributed by atoms with Crippen LogP contribution in [0.15, 0.2) is 146 Å². The SMILES string of the molecule is [N-]=[N+]=Nc1ccc(Sc2ccccc2)c([N+](=O)[O-])c1.[N-]=[N+]=Nc1cccc2ccccc12.[N-]=[N+]=Nc1ccccc1. The zero-order valence-electron chi connectivity index (χ0n) is 21.2. The number of nitro benzene ring substituents is 1. The fourth-order valence-corrected chi connectivity index (χ4v) is 4.28. The van der Waals surface area contributed by atoms with Crippen molar-refractivity contribution in [2.24, 2.45) is 15.3 Å². The Hall–Kier alpha value is -5.96. The summed E-state index contributed by atoms with van der Waals surface area (Å²) in [5.74, 6) is 0. The first kappa shape index (κ1) is 29.6. The first-order valence-corrected chi connectivity index (χ1v) is 12.6. The molecule has 5 aromatic carbocycles. The number of azide groups is 3. The van der Waals surface area contributed by atoms with E-state index in [-0.39, 0.29) is 11.4 Å². The van der Waals surface area contributed by atoms with Gasteiger partial charge in [0.15, 0.2) is 0 Å². The molecule has 0 N–H and O–H groups in total. The predicted octanol–water partition coefficient (Wildman–Crippen LogP) is 11.1. The lowest BCUT2D eigenvalue weighted by atomic mass is 10.1. The average Bonchev–Trinajstić information content (AvgIpc) is 3.00. The standard InChI is InChI=1S/C12H8N4O2S.C10H7N3.C6H5N3/c13-15-14-9-6-7-12(11(8-9)16(17)18)19-10-4-2-1-3-5-10;11-13-12-10-7-3-5-8-4-1-2-6-9(8)10;7-9-8-6-4-2-1-3-5-6/h1-8H;1-7H;1-5H. The Labute approximate surface area is 237 Å². The van der Waals surface area contributed by atoms with Gasteiger partial charge in [-0.15, -0.1) is 0 Å². The first-order valence-electron chi connectivity index (χ1n) is 11.7. The van der Waals surface area contributed by atoms with Gasteiger partial charge in [0.2, 0.25) is 0 Å². The highest BCUT2D eigenvalue weighted by Gasteiger charge is 2.15. The van der Waals surface area contributed by atoms with E-state index in [1.807, 2.05) is 91.0 Å². The van der Waals surface area contributed by atoms with Crippen LogP contribution in [-0.4, -0.2) is 4.92 Å². The molecule has 0 amide bonds. The van der Waals surface area contributed by atoms with Crippen LogP contribution in [-0.2, 0) is 0 Å². The molecule has 0 atom stereocenters. The second kappa shape index (κ2) is 16.1. The minimum atomic E-state index is -0.484. The number of benzene rings is 5. The van der Waals surface area contributed by atoms with Crippen molar-refractivity contribution < 1.29 is 4.92 Å². The van der Waals surface area contributed by atoms with Crippen LogP contribution < -0.4 is 0 Å².